The topological polar surface area (TPSA) is 128 Å². The summed E-state index contributed by atoms with van der Waals surface area (Å²) in [6.45, 7) is 4.14. The first-order chi connectivity index (χ1) is 11.4. The number of carbonyl (C=O) groups is 1. The summed E-state index contributed by atoms with van der Waals surface area (Å²) in [6.07, 6.45) is 0.834. The molecule has 0 radical (unpaired) electrons. The van der Waals surface area contributed by atoms with Crippen molar-refractivity contribution in [2.24, 2.45) is 0 Å². The summed E-state index contributed by atoms with van der Waals surface area (Å²) in [5.41, 5.74) is 0.597. The Morgan fingerprint density at radius 2 is 2.21 bits per heavy atom. The predicted molar refractivity (Wildman–Crippen MR) is 89.6 cm³/mol. The van der Waals surface area contributed by atoms with Gasteiger partial charge in [0.05, 0.1) is 4.92 Å². The smallest absolute Gasteiger partial charge is 0.272 e. The molecule has 0 aliphatic carbocycles. The molecule has 1 aromatic carbocycles. The van der Waals surface area contributed by atoms with E-state index in [1.165, 1.54) is 22.9 Å². The highest BCUT2D eigenvalue weighted by Gasteiger charge is 2.15. The first-order valence-electron chi connectivity index (χ1n) is 7.06. The minimum absolute atomic E-state index is 0.0307. The van der Waals surface area contributed by atoms with E-state index in [0.717, 1.165) is 6.42 Å². The number of hydrogen-bond acceptors (Lipinski definition) is 7. The molecule has 0 saturated heterocycles. The minimum Gasteiger partial charge on any atom is -0.300 e. The number of rotatable bonds is 5. The molecule has 1 amide bonds. The van der Waals surface area contributed by atoms with Gasteiger partial charge in [-0.3, -0.25) is 25.5 Å². The second kappa shape index (κ2) is 7.55. The van der Waals surface area contributed by atoms with Crippen molar-refractivity contribution in [1.82, 2.24) is 25.5 Å². The molecule has 0 unspecified atom stereocenters. The van der Waals surface area contributed by atoms with Gasteiger partial charge in [-0.15, -0.1) is 0 Å². The molecule has 0 fully saturated rings. The molecule has 0 aliphatic heterocycles. The van der Waals surface area contributed by atoms with Crippen LogP contribution in [-0.4, -0.2) is 36.2 Å². The molecule has 24 heavy (non-hydrogen) atoms. The molecule has 11 heteroatoms. The molecule has 0 spiro atoms. The molecular formula is C13H15N7O3S. The second-order valence-corrected chi connectivity index (χ2v) is 5.30. The maximum absolute atomic E-state index is 12.2. The van der Waals surface area contributed by atoms with Crippen molar-refractivity contribution in [1.29, 1.82) is 0 Å². The normalized spacial score (nSPS) is 10.2. The molecule has 0 bridgehead atoms. The lowest BCUT2D eigenvalue weighted by atomic mass is 10.1. The lowest BCUT2D eigenvalue weighted by molar-refractivity contribution is -0.385. The van der Waals surface area contributed by atoms with Gasteiger partial charge in [-0.05, 0) is 48.1 Å². The highest BCUT2D eigenvalue weighted by Crippen LogP contribution is 2.18. The number of carbonyl (C=O) groups excluding carboxylic acids is 1. The number of nitro groups is 1. The number of hydrogen-bond donors (Lipinski definition) is 2. The van der Waals surface area contributed by atoms with Gasteiger partial charge in [0, 0.05) is 23.7 Å². The summed E-state index contributed by atoms with van der Waals surface area (Å²) in [7, 11) is 0. The quantitative estimate of drug-likeness (QED) is 0.471. The Hall–Kier alpha value is -2.95. The zero-order valence-corrected chi connectivity index (χ0v) is 13.8. The Morgan fingerprint density at radius 3 is 2.83 bits per heavy atom. The number of nitrogens with zero attached hydrogens (tertiary/aromatic N) is 5. The molecule has 2 rings (SSSR count). The average Bonchev–Trinajstić information content (AvgIpc) is 2.94. The van der Waals surface area contributed by atoms with E-state index >= 15 is 0 Å². The van der Waals surface area contributed by atoms with Crippen LogP contribution < -0.4 is 10.6 Å². The Balaban J connectivity index is 2.03. The fourth-order valence-corrected chi connectivity index (χ4v) is 2.15. The van der Waals surface area contributed by atoms with Crippen LogP contribution in [0, 0.1) is 17.0 Å². The standard InChI is InChI=1S/C13H15N7O3S/c1-3-6-19-12(16-17-18-19)15-13(24)14-11(21)9-4-5-10(20(22)23)8(2)7-9/h4-5,7H,3,6H2,1-2H3,(H2,14,15,16,18,21,24). The highest BCUT2D eigenvalue weighted by atomic mass is 32.1. The molecule has 0 saturated carbocycles. The van der Waals surface area contributed by atoms with Gasteiger partial charge >= 0.3 is 0 Å². The third-order valence-electron chi connectivity index (χ3n) is 3.08. The van der Waals surface area contributed by atoms with Crippen molar-refractivity contribution in [3.8, 4) is 0 Å². The van der Waals surface area contributed by atoms with Crippen LogP contribution in [0.3, 0.4) is 0 Å². The van der Waals surface area contributed by atoms with E-state index in [1.54, 1.807) is 6.92 Å². The molecule has 1 heterocycles. The molecule has 10 nitrogen and oxygen atoms in total. The molecule has 2 aromatic rings. The van der Waals surface area contributed by atoms with Crippen LogP contribution in [0.5, 0.6) is 0 Å². The number of amides is 1. The van der Waals surface area contributed by atoms with Crippen molar-refractivity contribution in [3.05, 3.63) is 39.4 Å². The summed E-state index contributed by atoms with van der Waals surface area (Å²) >= 11 is 5.06. The SMILES string of the molecule is CCCn1nnnc1NC(=S)NC(=O)c1ccc([N+](=O)[O-])c(C)c1. The lowest BCUT2D eigenvalue weighted by Gasteiger charge is -2.09. The number of tetrazole rings is 1. The third kappa shape index (κ3) is 4.07. The van der Waals surface area contributed by atoms with E-state index in [4.69, 9.17) is 12.2 Å². The molecule has 0 atom stereocenters. The first kappa shape index (κ1) is 17.4. The summed E-state index contributed by atoms with van der Waals surface area (Å²) in [5.74, 6) is -0.165. The monoisotopic (exact) mass is 349 g/mol. The number of nitrogens with one attached hydrogen (secondary N) is 2. The molecule has 1 aromatic heterocycles. The van der Waals surface area contributed by atoms with E-state index in [1.807, 2.05) is 6.92 Å². The van der Waals surface area contributed by atoms with E-state index < -0.39 is 10.8 Å². The number of anilines is 1. The summed E-state index contributed by atoms with van der Waals surface area (Å²) in [6, 6.07) is 4.07. The number of benzene rings is 1. The Labute approximate surface area is 142 Å². The largest absolute Gasteiger partial charge is 0.300 e. The average molecular weight is 349 g/mol. The van der Waals surface area contributed by atoms with Crippen LogP contribution in [0.4, 0.5) is 11.6 Å². The highest BCUT2D eigenvalue weighted by molar-refractivity contribution is 7.80. The Kier molecular flexibility index (Phi) is 5.47. The van der Waals surface area contributed by atoms with Crippen LogP contribution in [0.2, 0.25) is 0 Å². The van der Waals surface area contributed by atoms with Gasteiger partial charge in [0.2, 0.25) is 5.95 Å². The van der Waals surface area contributed by atoms with E-state index in [2.05, 4.69) is 26.2 Å². The van der Waals surface area contributed by atoms with E-state index in [9.17, 15) is 14.9 Å². The number of nitro benzene ring substituents is 1. The predicted octanol–water partition coefficient (Wildman–Crippen LogP) is 1.43. The summed E-state index contributed by atoms with van der Waals surface area (Å²) < 4.78 is 1.52. The van der Waals surface area contributed by atoms with Gasteiger partial charge in [-0.1, -0.05) is 12.0 Å². The van der Waals surface area contributed by atoms with Crippen LogP contribution in [-0.2, 0) is 6.54 Å². The summed E-state index contributed by atoms with van der Waals surface area (Å²) in [4.78, 5) is 22.5. The minimum atomic E-state index is -0.503. The summed E-state index contributed by atoms with van der Waals surface area (Å²) in [5, 5.41) is 27.1. The van der Waals surface area contributed by atoms with Crippen LogP contribution >= 0.6 is 12.2 Å². The van der Waals surface area contributed by atoms with Gasteiger partial charge in [0.25, 0.3) is 11.6 Å². The zero-order chi connectivity index (χ0) is 17.7. The van der Waals surface area contributed by atoms with Gasteiger partial charge in [-0.2, -0.15) is 0 Å². The molecule has 0 aliphatic rings. The number of aromatic nitrogens is 4. The zero-order valence-electron chi connectivity index (χ0n) is 13.0. The second-order valence-electron chi connectivity index (χ2n) is 4.89. The van der Waals surface area contributed by atoms with Crippen LogP contribution in [0.1, 0.15) is 29.3 Å². The van der Waals surface area contributed by atoms with Gasteiger partial charge in [-0.25, -0.2) is 4.68 Å². The van der Waals surface area contributed by atoms with Gasteiger partial charge < -0.3 is 0 Å². The fraction of sp³-hybridized carbons (Fsp3) is 0.308. The third-order valence-corrected chi connectivity index (χ3v) is 3.28. The van der Waals surface area contributed by atoms with Gasteiger partial charge in [0.1, 0.15) is 0 Å². The number of thiocarbonyl (C=S) groups is 1. The van der Waals surface area contributed by atoms with Crippen molar-refractivity contribution < 1.29 is 9.72 Å². The number of aryl methyl sites for hydroxylation is 2. The van der Waals surface area contributed by atoms with Crippen molar-refractivity contribution >= 4 is 34.9 Å². The van der Waals surface area contributed by atoms with E-state index in [0.29, 0.717) is 18.1 Å². The van der Waals surface area contributed by atoms with Crippen molar-refractivity contribution in [2.75, 3.05) is 5.32 Å². The molecular weight excluding hydrogens is 334 g/mol. The van der Waals surface area contributed by atoms with Crippen LogP contribution in [0.25, 0.3) is 0 Å². The van der Waals surface area contributed by atoms with Crippen LogP contribution in [0.15, 0.2) is 18.2 Å². The Bertz CT molecular complexity index is 790. The van der Waals surface area contributed by atoms with Gasteiger partial charge in [0.15, 0.2) is 5.11 Å². The van der Waals surface area contributed by atoms with Crippen molar-refractivity contribution in [2.45, 2.75) is 26.8 Å². The molecule has 2 N–H and O–H groups in total. The fourth-order valence-electron chi connectivity index (χ4n) is 1.97. The Morgan fingerprint density at radius 1 is 1.46 bits per heavy atom. The van der Waals surface area contributed by atoms with E-state index in [-0.39, 0.29) is 16.4 Å². The first-order valence-corrected chi connectivity index (χ1v) is 7.46. The maximum atomic E-state index is 12.2. The van der Waals surface area contributed by atoms with Crippen molar-refractivity contribution in [3.63, 3.8) is 0 Å². The molecule has 126 valence electrons. The maximum Gasteiger partial charge on any atom is 0.272 e. The lowest BCUT2D eigenvalue weighted by Crippen LogP contribution is -2.35.